The molecule has 0 saturated heterocycles. The topological polar surface area (TPSA) is 55.4 Å². The molecule has 6 atom stereocenters. The number of ether oxygens (including phenoxy) is 1. The van der Waals surface area contributed by atoms with E-state index in [4.69, 9.17) is 4.74 Å². The highest BCUT2D eigenvalue weighted by atomic mass is 16.5. The van der Waals surface area contributed by atoms with Gasteiger partial charge in [0.25, 0.3) is 0 Å². The average molecular weight is 333 g/mol. The molecule has 4 heteroatoms. The van der Waals surface area contributed by atoms with E-state index in [-0.39, 0.29) is 23.9 Å². The third-order valence-electron chi connectivity index (χ3n) is 6.37. The highest BCUT2D eigenvalue weighted by Crippen LogP contribution is 2.47. The quantitative estimate of drug-likeness (QED) is 0.633. The summed E-state index contributed by atoms with van der Waals surface area (Å²) >= 11 is 0. The van der Waals surface area contributed by atoms with Crippen LogP contribution in [0.25, 0.3) is 0 Å². The minimum absolute atomic E-state index is 0.0185. The molecule has 0 aromatic rings. The Hall–Kier alpha value is -1.32. The second kappa shape index (κ2) is 6.53. The lowest BCUT2D eigenvalue weighted by molar-refractivity contribution is -0.166. The molecule has 3 rings (SSSR count). The smallest absolute Gasteiger partial charge is 0.332 e. The number of amides is 1. The van der Waals surface area contributed by atoms with E-state index in [0.717, 1.165) is 19.3 Å². The van der Waals surface area contributed by atoms with Gasteiger partial charge in [-0.1, -0.05) is 39.3 Å². The monoisotopic (exact) mass is 333 g/mol. The van der Waals surface area contributed by atoms with Gasteiger partial charge in [0.2, 0.25) is 5.91 Å². The standard InChI is InChI=1S/C20H31NO3/c1-12(2)17-8-5-13(3)9-18(17)24-19(23)20(21-14(4)22)11-15-6-7-16(20)10-15/h6-7,12-13,15-18H,5,8-11H2,1-4H3,(H,21,22)/t13-,15+,16-,17+,18-,20-/m1/s1. The Labute approximate surface area is 145 Å². The summed E-state index contributed by atoms with van der Waals surface area (Å²) in [5, 5.41) is 2.97. The maximum Gasteiger partial charge on any atom is 0.332 e. The average Bonchev–Trinajstić information content (AvgIpc) is 3.07. The van der Waals surface area contributed by atoms with Crippen molar-refractivity contribution in [3.63, 3.8) is 0 Å². The molecule has 0 heterocycles. The van der Waals surface area contributed by atoms with Gasteiger partial charge in [0.1, 0.15) is 11.6 Å². The number of hydrogen-bond acceptors (Lipinski definition) is 3. The molecule has 2 fully saturated rings. The second-order valence-corrected chi connectivity index (χ2v) is 8.61. The molecular weight excluding hydrogens is 302 g/mol. The van der Waals surface area contributed by atoms with E-state index in [9.17, 15) is 9.59 Å². The number of esters is 1. The molecule has 0 spiro atoms. The predicted octanol–water partition coefficient (Wildman–Crippen LogP) is 3.46. The van der Waals surface area contributed by atoms with Gasteiger partial charge in [-0.05, 0) is 49.4 Å². The van der Waals surface area contributed by atoms with Gasteiger partial charge in [0.05, 0.1) is 0 Å². The molecule has 4 nitrogen and oxygen atoms in total. The first-order valence-electron chi connectivity index (χ1n) is 9.50. The molecule has 3 aliphatic carbocycles. The third-order valence-corrected chi connectivity index (χ3v) is 6.37. The fourth-order valence-electron chi connectivity index (χ4n) is 5.09. The lowest BCUT2D eigenvalue weighted by Crippen LogP contribution is -2.58. The van der Waals surface area contributed by atoms with Gasteiger partial charge in [-0.15, -0.1) is 0 Å². The normalized spacial score (nSPS) is 40.8. The van der Waals surface area contributed by atoms with Crippen LogP contribution in [0.15, 0.2) is 12.2 Å². The van der Waals surface area contributed by atoms with E-state index in [1.165, 1.54) is 13.3 Å². The van der Waals surface area contributed by atoms with Crippen molar-refractivity contribution in [2.45, 2.75) is 71.4 Å². The number of fused-ring (bicyclic) bond motifs is 2. The first kappa shape index (κ1) is 17.5. The van der Waals surface area contributed by atoms with Crippen LogP contribution in [-0.4, -0.2) is 23.5 Å². The van der Waals surface area contributed by atoms with Crippen LogP contribution >= 0.6 is 0 Å². The van der Waals surface area contributed by atoms with E-state index in [1.807, 2.05) is 0 Å². The van der Waals surface area contributed by atoms with Crippen LogP contribution in [-0.2, 0) is 14.3 Å². The molecule has 0 unspecified atom stereocenters. The van der Waals surface area contributed by atoms with E-state index < -0.39 is 5.54 Å². The number of hydrogen-bond donors (Lipinski definition) is 1. The van der Waals surface area contributed by atoms with Crippen molar-refractivity contribution in [2.75, 3.05) is 0 Å². The van der Waals surface area contributed by atoms with Crippen LogP contribution in [0.5, 0.6) is 0 Å². The zero-order valence-corrected chi connectivity index (χ0v) is 15.4. The predicted molar refractivity (Wildman–Crippen MR) is 93.1 cm³/mol. The summed E-state index contributed by atoms with van der Waals surface area (Å²) in [6.45, 7) is 8.16. The van der Waals surface area contributed by atoms with Crippen LogP contribution < -0.4 is 5.32 Å². The van der Waals surface area contributed by atoms with Crippen LogP contribution in [0.3, 0.4) is 0 Å². The molecule has 0 aromatic carbocycles. The Morgan fingerprint density at radius 1 is 1.21 bits per heavy atom. The van der Waals surface area contributed by atoms with Gasteiger partial charge < -0.3 is 10.1 Å². The molecule has 0 aromatic heterocycles. The maximum absolute atomic E-state index is 13.2. The lowest BCUT2D eigenvalue weighted by Gasteiger charge is -2.40. The Morgan fingerprint density at radius 3 is 2.50 bits per heavy atom. The molecule has 0 radical (unpaired) electrons. The van der Waals surface area contributed by atoms with Crippen molar-refractivity contribution in [3.05, 3.63) is 12.2 Å². The van der Waals surface area contributed by atoms with Gasteiger partial charge in [0.15, 0.2) is 0 Å². The SMILES string of the molecule is CC(=O)N[C@]1(C(=O)O[C@@H]2C[C@H](C)CC[C@H]2C(C)C)C[C@H]2C=C[C@@H]1C2. The minimum Gasteiger partial charge on any atom is -0.460 e. The Kier molecular flexibility index (Phi) is 4.76. The Bertz CT molecular complexity index is 541. The van der Waals surface area contributed by atoms with Gasteiger partial charge in [-0.2, -0.15) is 0 Å². The fourth-order valence-corrected chi connectivity index (χ4v) is 5.09. The van der Waals surface area contributed by atoms with Crippen LogP contribution in [0.1, 0.15) is 59.8 Å². The minimum atomic E-state index is -0.840. The fraction of sp³-hybridized carbons (Fsp3) is 0.800. The van der Waals surface area contributed by atoms with E-state index >= 15 is 0 Å². The van der Waals surface area contributed by atoms with Gasteiger partial charge in [-0.3, -0.25) is 4.79 Å². The van der Waals surface area contributed by atoms with E-state index in [2.05, 4.69) is 38.2 Å². The van der Waals surface area contributed by atoms with E-state index in [0.29, 0.717) is 30.1 Å². The molecule has 134 valence electrons. The number of carbonyl (C=O) groups excluding carboxylic acids is 2. The summed E-state index contributed by atoms with van der Waals surface area (Å²) in [5.74, 6) is 1.64. The Morgan fingerprint density at radius 2 is 1.96 bits per heavy atom. The molecular formula is C20H31NO3. The van der Waals surface area contributed by atoms with Crippen molar-refractivity contribution in [1.82, 2.24) is 5.32 Å². The number of rotatable bonds is 4. The summed E-state index contributed by atoms with van der Waals surface area (Å²) < 4.78 is 6.09. The van der Waals surface area contributed by atoms with Crippen molar-refractivity contribution in [3.8, 4) is 0 Å². The van der Waals surface area contributed by atoms with Crippen molar-refractivity contribution in [1.29, 1.82) is 0 Å². The summed E-state index contributed by atoms with van der Waals surface area (Å²) in [5.41, 5.74) is -0.840. The number of nitrogens with one attached hydrogen (secondary N) is 1. The van der Waals surface area contributed by atoms with Crippen LogP contribution in [0.4, 0.5) is 0 Å². The first-order chi connectivity index (χ1) is 11.3. The zero-order valence-electron chi connectivity index (χ0n) is 15.4. The maximum atomic E-state index is 13.2. The number of carbonyl (C=O) groups is 2. The van der Waals surface area contributed by atoms with Gasteiger partial charge >= 0.3 is 5.97 Å². The van der Waals surface area contributed by atoms with Crippen molar-refractivity contribution in [2.24, 2.45) is 29.6 Å². The lowest BCUT2D eigenvalue weighted by atomic mass is 9.75. The summed E-state index contributed by atoms with van der Waals surface area (Å²) in [7, 11) is 0. The molecule has 24 heavy (non-hydrogen) atoms. The highest BCUT2D eigenvalue weighted by molar-refractivity contribution is 5.88. The number of allylic oxidation sites excluding steroid dienone is 1. The largest absolute Gasteiger partial charge is 0.460 e. The molecule has 0 aliphatic heterocycles. The van der Waals surface area contributed by atoms with Crippen molar-refractivity contribution >= 4 is 11.9 Å². The second-order valence-electron chi connectivity index (χ2n) is 8.61. The summed E-state index contributed by atoms with van der Waals surface area (Å²) in [6, 6.07) is 0. The third kappa shape index (κ3) is 3.12. The van der Waals surface area contributed by atoms with Crippen LogP contribution in [0.2, 0.25) is 0 Å². The zero-order chi connectivity index (χ0) is 17.5. The molecule has 2 bridgehead atoms. The first-order valence-corrected chi connectivity index (χ1v) is 9.50. The van der Waals surface area contributed by atoms with Crippen LogP contribution in [0, 0.1) is 29.6 Å². The Balaban J connectivity index is 1.78. The van der Waals surface area contributed by atoms with Gasteiger partial charge in [0, 0.05) is 12.8 Å². The molecule has 1 amide bonds. The van der Waals surface area contributed by atoms with E-state index in [1.54, 1.807) is 0 Å². The highest BCUT2D eigenvalue weighted by Gasteiger charge is 2.56. The van der Waals surface area contributed by atoms with Crippen molar-refractivity contribution < 1.29 is 14.3 Å². The molecule has 3 aliphatic rings. The summed E-state index contributed by atoms with van der Waals surface area (Å²) in [4.78, 5) is 24.9. The van der Waals surface area contributed by atoms with Gasteiger partial charge in [-0.25, -0.2) is 4.79 Å². The molecule has 1 N–H and O–H groups in total. The summed E-state index contributed by atoms with van der Waals surface area (Å²) in [6.07, 6.45) is 9.15. The molecule has 2 saturated carbocycles.